The molecule has 3 fully saturated rings. The first kappa shape index (κ1) is 17.7. The molecule has 5 nitrogen and oxygen atoms in total. The Morgan fingerprint density at radius 3 is 2.38 bits per heavy atom. The number of aliphatic hydroxyl groups is 1. The first-order valence-corrected chi connectivity index (χ1v) is 9.69. The number of hydrogen-bond donors (Lipinski definition) is 2. The zero-order valence-electron chi connectivity index (χ0n) is 15.0. The van der Waals surface area contributed by atoms with E-state index in [1.54, 1.807) is 0 Å². The van der Waals surface area contributed by atoms with Crippen molar-refractivity contribution in [3.63, 3.8) is 0 Å². The van der Waals surface area contributed by atoms with Crippen LogP contribution in [0, 0.1) is 29.6 Å². The summed E-state index contributed by atoms with van der Waals surface area (Å²) < 4.78 is 0. The van der Waals surface area contributed by atoms with Crippen molar-refractivity contribution < 1.29 is 14.7 Å². The van der Waals surface area contributed by atoms with Crippen LogP contribution in [0.1, 0.15) is 52.4 Å². The Labute approximate surface area is 145 Å². The van der Waals surface area contributed by atoms with Gasteiger partial charge in [-0.3, -0.25) is 9.59 Å². The molecule has 0 bridgehead atoms. The molecule has 1 heterocycles. The fourth-order valence-electron chi connectivity index (χ4n) is 4.09. The molecular formula is C19H32N2O3. The molecule has 0 aromatic rings. The highest BCUT2D eigenvalue weighted by Crippen LogP contribution is 2.54. The Hall–Kier alpha value is -1.10. The minimum Gasteiger partial charge on any atom is -0.396 e. The molecule has 24 heavy (non-hydrogen) atoms. The van der Waals surface area contributed by atoms with E-state index in [0.717, 1.165) is 25.2 Å². The molecule has 0 aromatic heterocycles. The number of carbonyl (C=O) groups excluding carboxylic acids is 2. The van der Waals surface area contributed by atoms with Crippen molar-refractivity contribution in [3.8, 4) is 0 Å². The molecule has 5 heteroatoms. The zero-order valence-corrected chi connectivity index (χ0v) is 15.0. The number of likely N-dealkylation sites (tertiary alicyclic amines) is 1. The number of amides is 2. The lowest BCUT2D eigenvalue weighted by Gasteiger charge is -2.34. The van der Waals surface area contributed by atoms with Crippen molar-refractivity contribution >= 4 is 11.8 Å². The molecule has 1 saturated heterocycles. The number of nitrogens with one attached hydrogen (secondary N) is 1. The molecule has 3 unspecified atom stereocenters. The molecule has 136 valence electrons. The van der Waals surface area contributed by atoms with Crippen LogP contribution >= 0.6 is 0 Å². The average molecular weight is 336 g/mol. The van der Waals surface area contributed by atoms with Gasteiger partial charge in [-0.05, 0) is 62.2 Å². The summed E-state index contributed by atoms with van der Waals surface area (Å²) in [5.74, 6) is 2.36. The summed E-state index contributed by atoms with van der Waals surface area (Å²) in [4.78, 5) is 27.3. The van der Waals surface area contributed by atoms with E-state index >= 15 is 0 Å². The number of carbonyl (C=O) groups is 2. The van der Waals surface area contributed by atoms with E-state index in [-0.39, 0.29) is 30.4 Å². The summed E-state index contributed by atoms with van der Waals surface area (Å²) in [6, 6.07) is -0.386. The van der Waals surface area contributed by atoms with Crippen LogP contribution in [0.25, 0.3) is 0 Å². The molecular weight excluding hydrogens is 304 g/mol. The highest BCUT2D eigenvalue weighted by atomic mass is 16.3. The predicted octanol–water partition coefficient (Wildman–Crippen LogP) is 1.79. The summed E-state index contributed by atoms with van der Waals surface area (Å²) in [5, 5.41) is 12.3. The Kier molecular flexibility index (Phi) is 5.48. The van der Waals surface area contributed by atoms with Gasteiger partial charge >= 0.3 is 0 Å². The normalized spacial score (nSPS) is 28.8. The number of aliphatic hydroxyl groups excluding tert-OH is 1. The van der Waals surface area contributed by atoms with E-state index in [4.69, 9.17) is 0 Å². The molecule has 0 spiro atoms. The highest BCUT2D eigenvalue weighted by molar-refractivity contribution is 5.89. The lowest BCUT2D eigenvalue weighted by atomic mass is 9.96. The minimum atomic E-state index is -0.386. The topological polar surface area (TPSA) is 69.6 Å². The third kappa shape index (κ3) is 4.29. The third-order valence-corrected chi connectivity index (χ3v) is 5.91. The van der Waals surface area contributed by atoms with Gasteiger partial charge in [-0.15, -0.1) is 0 Å². The van der Waals surface area contributed by atoms with Gasteiger partial charge in [-0.1, -0.05) is 13.8 Å². The van der Waals surface area contributed by atoms with Gasteiger partial charge in [-0.2, -0.15) is 0 Å². The summed E-state index contributed by atoms with van der Waals surface area (Å²) in [7, 11) is 0. The van der Waals surface area contributed by atoms with Crippen LogP contribution in [-0.2, 0) is 9.59 Å². The summed E-state index contributed by atoms with van der Waals surface area (Å²) in [6.45, 7) is 5.78. The van der Waals surface area contributed by atoms with Crippen LogP contribution in [-0.4, -0.2) is 47.6 Å². The maximum absolute atomic E-state index is 12.9. The Morgan fingerprint density at radius 2 is 1.83 bits per heavy atom. The first-order valence-electron chi connectivity index (χ1n) is 9.69. The highest BCUT2D eigenvalue weighted by Gasteiger charge is 2.51. The van der Waals surface area contributed by atoms with Crippen molar-refractivity contribution in [3.05, 3.63) is 0 Å². The Morgan fingerprint density at radius 1 is 1.17 bits per heavy atom. The molecule has 3 atom stereocenters. The van der Waals surface area contributed by atoms with Crippen LogP contribution < -0.4 is 5.32 Å². The second-order valence-electron chi connectivity index (χ2n) is 8.49. The predicted molar refractivity (Wildman–Crippen MR) is 92.1 cm³/mol. The summed E-state index contributed by atoms with van der Waals surface area (Å²) in [5.41, 5.74) is 0. The van der Waals surface area contributed by atoms with Crippen molar-refractivity contribution in [2.45, 2.75) is 58.4 Å². The first-order chi connectivity index (χ1) is 11.5. The van der Waals surface area contributed by atoms with E-state index < -0.39 is 0 Å². The number of nitrogens with zero attached hydrogens (tertiary/aromatic N) is 1. The molecule has 0 radical (unpaired) electrons. The second kappa shape index (κ2) is 7.42. The smallest absolute Gasteiger partial charge is 0.245 e. The molecule has 1 aliphatic heterocycles. The molecule has 2 saturated carbocycles. The number of rotatable bonds is 7. The lowest BCUT2D eigenvalue weighted by Crippen LogP contribution is -2.51. The van der Waals surface area contributed by atoms with Crippen molar-refractivity contribution in [1.82, 2.24) is 10.2 Å². The molecule has 2 amide bonds. The average Bonchev–Trinajstić information content (AvgIpc) is 3.44. The number of hydrogen-bond acceptors (Lipinski definition) is 3. The quantitative estimate of drug-likeness (QED) is 0.745. The molecule has 3 aliphatic rings. The fourth-order valence-corrected chi connectivity index (χ4v) is 4.09. The van der Waals surface area contributed by atoms with Crippen LogP contribution in [0.2, 0.25) is 0 Å². The van der Waals surface area contributed by atoms with Crippen LogP contribution in [0.15, 0.2) is 0 Å². The van der Waals surface area contributed by atoms with Gasteiger partial charge in [0, 0.05) is 25.6 Å². The van der Waals surface area contributed by atoms with Gasteiger partial charge < -0.3 is 15.3 Å². The van der Waals surface area contributed by atoms with E-state index in [9.17, 15) is 14.7 Å². The van der Waals surface area contributed by atoms with E-state index in [1.165, 1.54) is 12.8 Å². The maximum atomic E-state index is 12.9. The van der Waals surface area contributed by atoms with E-state index in [1.807, 2.05) is 4.90 Å². The maximum Gasteiger partial charge on any atom is 0.245 e. The third-order valence-electron chi connectivity index (χ3n) is 5.91. The monoisotopic (exact) mass is 336 g/mol. The van der Waals surface area contributed by atoms with Crippen LogP contribution in [0.3, 0.4) is 0 Å². The zero-order chi connectivity index (χ0) is 17.3. The molecule has 2 N–H and O–H groups in total. The number of piperidine rings is 1. The van der Waals surface area contributed by atoms with Crippen molar-refractivity contribution in [2.24, 2.45) is 29.6 Å². The van der Waals surface area contributed by atoms with Gasteiger partial charge in [0.25, 0.3) is 0 Å². The van der Waals surface area contributed by atoms with Gasteiger partial charge in [-0.25, -0.2) is 0 Å². The second-order valence-corrected chi connectivity index (χ2v) is 8.49. The van der Waals surface area contributed by atoms with E-state index in [2.05, 4.69) is 19.2 Å². The molecule has 3 rings (SSSR count). The molecule has 0 aromatic carbocycles. The summed E-state index contributed by atoms with van der Waals surface area (Å²) in [6.07, 6.45) is 5.99. The van der Waals surface area contributed by atoms with Crippen LogP contribution in [0.4, 0.5) is 0 Å². The summed E-state index contributed by atoms with van der Waals surface area (Å²) >= 11 is 0. The minimum absolute atomic E-state index is 0.0667. The lowest BCUT2D eigenvalue weighted by molar-refractivity contribution is -0.138. The van der Waals surface area contributed by atoms with Gasteiger partial charge in [0.1, 0.15) is 6.04 Å². The van der Waals surface area contributed by atoms with E-state index in [0.29, 0.717) is 37.3 Å². The van der Waals surface area contributed by atoms with Crippen LogP contribution in [0.5, 0.6) is 0 Å². The van der Waals surface area contributed by atoms with Crippen molar-refractivity contribution in [1.29, 1.82) is 0 Å². The van der Waals surface area contributed by atoms with Gasteiger partial charge in [0.05, 0.1) is 0 Å². The Bertz CT molecular complexity index is 467. The SMILES string of the molecule is CC(C)CC(NC(=O)C1CC1C1CC1)C(=O)N1CCC(CO)CC1. The van der Waals surface area contributed by atoms with Gasteiger partial charge in [0.2, 0.25) is 11.8 Å². The Balaban J connectivity index is 1.54. The fraction of sp³-hybridized carbons (Fsp3) is 0.895. The van der Waals surface area contributed by atoms with Crippen molar-refractivity contribution in [2.75, 3.05) is 19.7 Å². The largest absolute Gasteiger partial charge is 0.396 e. The standard InChI is InChI=1S/C19H32N2O3/c1-12(2)9-17(19(24)21-7-5-13(11-22)6-8-21)20-18(23)16-10-15(16)14-3-4-14/h12-17,22H,3-11H2,1-2H3,(H,20,23). The molecule has 2 aliphatic carbocycles. The van der Waals surface area contributed by atoms with Gasteiger partial charge in [0.15, 0.2) is 0 Å².